The summed E-state index contributed by atoms with van der Waals surface area (Å²) in [4.78, 5) is 2.54. The fraction of sp³-hybridized carbons (Fsp3) is 0.455. The highest BCUT2D eigenvalue weighted by molar-refractivity contribution is 5.85. The smallest absolute Gasteiger partial charge is 0.369 e. The molecule has 1 saturated heterocycles. The Morgan fingerprint density at radius 3 is 1.88 bits per heavy atom. The van der Waals surface area contributed by atoms with Crippen molar-refractivity contribution in [1.82, 2.24) is 4.90 Å². The van der Waals surface area contributed by atoms with E-state index in [2.05, 4.69) is 0 Å². The molecule has 0 atom stereocenters. The molecule has 1 aliphatic heterocycles. The quantitative estimate of drug-likeness (QED) is 0.721. The predicted molar refractivity (Wildman–Crippen MR) is 63.5 cm³/mol. The molecule has 1 heterocycles. The summed E-state index contributed by atoms with van der Waals surface area (Å²) in [5, 5.41) is 0. The van der Waals surface area contributed by atoms with Crippen LogP contribution in [0.1, 0.15) is 0 Å². The lowest BCUT2D eigenvalue weighted by atomic mass is 10.2. The van der Waals surface area contributed by atoms with Crippen molar-refractivity contribution < 1.29 is 13.2 Å². The van der Waals surface area contributed by atoms with Gasteiger partial charge in [0.15, 0.2) is 0 Å². The molecule has 0 bridgehead atoms. The molecule has 0 saturated carbocycles. The Balaban J connectivity index is 0.00000144. The van der Waals surface area contributed by atoms with Crippen LogP contribution in [0.2, 0.25) is 0 Å². The lowest BCUT2D eigenvalue weighted by Gasteiger charge is -2.36. The molecular weight excluding hydrogens is 253 g/mol. The second-order valence-corrected chi connectivity index (χ2v) is 3.78. The van der Waals surface area contributed by atoms with E-state index in [1.807, 2.05) is 35.2 Å². The van der Waals surface area contributed by atoms with Gasteiger partial charge in [-0.25, -0.2) is 4.90 Å². The van der Waals surface area contributed by atoms with Crippen molar-refractivity contribution in [1.29, 1.82) is 0 Å². The van der Waals surface area contributed by atoms with Gasteiger partial charge >= 0.3 is 6.30 Å². The zero-order valence-electron chi connectivity index (χ0n) is 9.15. The van der Waals surface area contributed by atoms with Crippen molar-refractivity contribution in [3.8, 4) is 0 Å². The Labute approximate surface area is 104 Å². The fourth-order valence-electron chi connectivity index (χ4n) is 1.86. The number of rotatable bonds is 1. The van der Waals surface area contributed by atoms with Crippen molar-refractivity contribution in [2.75, 3.05) is 31.1 Å². The lowest BCUT2D eigenvalue weighted by Crippen LogP contribution is -2.51. The minimum atomic E-state index is -4.19. The van der Waals surface area contributed by atoms with E-state index in [1.54, 1.807) is 0 Å². The van der Waals surface area contributed by atoms with Gasteiger partial charge in [-0.1, -0.05) is 18.2 Å². The Kier molecular flexibility index (Phi) is 4.65. The third-order valence-corrected chi connectivity index (χ3v) is 2.76. The van der Waals surface area contributed by atoms with Crippen LogP contribution >= 0.6 is 12.4 Å². The van der Waals surface area contributed by atoms with Gasteiger partial charge in [0.25, 0.3) is 0 Å². The van der Waals surface area contributed by atoms with E-state index >= 15 is 0 Å². The number of anilines is 1. The summed E-state index contributed by atoms with van der Waals surface area (Å²) in [7, 11) is 0. The Bertz CT molecular complexity index is 334. The van der Waals surface area contributed by atoms with E-state index in [9.17, 15) is 13.2 Å². The average Bonchev–Trinajstić information content (AvgIpc) is 2.29. The standard InChI is InChI=1S/C11H13F3N2.ClH/c12-11(13,14)16-8-6-15(7-9-16)10-4-2-1-3-5-10;/h1-5H,6-9H2;1H. The summed E-state index contributed by atoms with van der Waals surface area (Å²) >= 11 is 0. The minimum absolute atomic E-state index is 0. The van der Waals surface area contributed by atoms with Crippen LogP contribution in [-0.2, 0) is 0 Å². The zero-order valence-corrected chi connectivity index (χ0v) is 9.97. The molecule has 6 heteroatoms. The first-order valence-electron chi connectivity index (χ1n) is 5.19. The molecule has 0 aromatic heterocycles. The van der Waals surface area contributed by atoms with Gasteiger partial charge in [-0.15, -0.1) is 12.4 Å². The van der Waals surface area contributed by atoms with Crippen molar-refractivity contribution in [2.24, 2.45) is 0 Å². The molecule has 0 spiro atoms. The van der Waals surface area contributed by atoms with E-state index < -0.39 is 6.30 Å². The second kappa shape index (κ2) is 5.60. The molecule has 0 N–H and O–H groups in total. The highest BCUT2D eigenvalue weighted by Gasteiger charge is 2.38. The van der Waals surface area contributed by atoms with E-state index in [1.165, 1.54) is 0 Å². The maximum absolute atomic E-state index is 12.4. The molecule has 96 valence electrons. The van der Waals surface area contributed by atoms with Gasteiger partial charge in [0.05, 0.1) is 0 Å². The Morgan fingerprint density at radius 1 is 0.882 bits per heavy atom. The molecule has 1 fully saturated rings. The number of hydrogen-bond acceptors (Lipinski definition) is 2. The van der Waals surface area contributed by atoms with E-state index in [0.717, 1.165) is 5.69 Å². The Morgan fingerprint density at radius 2 is 1.41 bits per heavy atom. The zero-order chi connectivity index (χ0) is 11.6. The van der Waals surface area contributed by atoms with Crippen LogP contribution in [0.25, 0.3) is 0 Å². The van der Waals surface area contributed by atoms with Gasteiger partial charge in [0.2, 0.25) is 0 Å². The first-order valence-corrected chi connectivity index (χ1v) is 5.19. The van der Waals surface area contributed by atoms with Crippen LogP contribution in [0.4, 0.5) is 18.9 Å². The van der Waals surface area contributed by atoms with E-state index in [0.29, 0.717) is 18.0 Å². The molecule has 0 unspecified atom stereocenters. The third-order valence-electron chi connectivity index (χ3n) is 2.76. The number of para-hydroxylation sites is 1. The SMILES string of the molecule is Cl.FC(F)(F)N1CCN(c2ccccc2)CC1. The molecule has 17 heavy (non-hydrogen) atoms. The van der Waals surface area contributed by atoms with Crippen LogP contribution in [0.15, 0.2) is 30.3 Å². The summed E-state index contributed by atoms with van der Waals surface area (Å²) in [5.74, 6) is 0. The van der Waals surface area contributed by atoms with Crippen LogP contribution in [-0.4, -0.2) is 37.4 Å². The molecule has 2 rings (SSSR count). The largest absolute Gasteiger partial charge is 0.460 e. The summed E-state index contributed by atoms with van der Waals surface area (Å²) in [6, 6.07) is 9.53. The maximum Gasteiger partial charge on any atom is 0.460 e. The van der Waals surface area contributed by atoms with Crippen LogP contribution in [0.5, 0.6) is 0 Å². The highest BCUT2D eigenvalue weighted by atomic mass is 35.5. The number of nitrogens with zero attached hydrogens (tertiary/aromatic N) is 2. The van der Waals surface area contributed by atoms with Crippen LogP contribution in [0.3, 0.4) is 0 Å². The lowest BCUT2D eigenvalue weighted by molar-refractivity contribution is -0.246. The predicted octanol–water partition coefficient (Wildman–Crippen LogP) is 2.75. The van der Waals surface area contributed by atoms with E-state index in [-0.39, 0.29) is 25.5 Å². The number of piperazine rings is 1. The number of halogens is 4. The van der Waals surface area contributed by atoms with Gasteiger partial charge in [0, 0.05) is 31.9 Å². The van der Waals surface area contributed by atoms with Gasteiger partial charge in [0.1, 0.15) is 0 Å². The van der Waals surface area contributed by atoms with Crippen LogP contribution < -0.4 is 4.90 Å². The number of benzene rings is 1. The number of alkyl halides is 3. The van der Waals surface area contributed by atoms with Crippen molar-refractivity contribution in [3.63, 3.8) is 0 Å². The summed E-state index contributed by atoms with van der Waals surface area (Å²) in [6.07, 6.45) is -4.19. The van der Waals surface area contributed by atoms with Crippen molar-refractivity contribution in [2.45, 2.75) is 6.30 Å². The average molecular weight is 267 g/mol. The highest BCUT2D eigenvalue weighted by Crippen LogP contribution is 2.24. The van der Waals surface area contributed by atoms with Gasteiger partial charge in [-0.3, -0.25) is 0 Å². The topological polar surface area (TPSA) is 6.48 Å². The molecular formula is C11H14ClF3N2. The van der Waals surface area contributed by atoms with Gasteiger partial charge in [-0.2, -0.15) is 13.2 Å². The maximum atomic E-state index is 12.4. The molecule has 0 radical (unpaired) electrons. The molecule has 1 aromatic carbocycles. The van der Waals surface area contributed by atoms with Crippen molar-refractivity contribution in [3.05, 3.63) is 30.3 Å². The molecule has 2 nitrogen and oxygen atoms in total. The van der Waals surface area contributed by atoms with Crippen molar-refractivity contribution >= 4 is 18.1 Å². The van der Waals surface area contributed by atoms with E-state index in [4.69, 9.17) is 0 Å². The normalized spacial score (nSPS) is 17.7. The van der Waals surface area contributed by atoms with Crippen LogP contribution in [0, 0.1) is 0 Å². The summed E-state index contributed by atoms with van der Waals surface area (Å²) < 4.78 is 37.1. The third kappa shape index (κ3) is 3.51. The number of hydrogen-bond donors (Lipinski definition) is 0. The monoisotopic (exact) mass is 266 g/mol. The van der Waals surface area contributed by atoms with Gasteiger partial charge in [-0.05, 0) is 12.1 Å². The first kappa shape index (κ1) is 14.1. The molecule has 1 aromatic rings. The minimum Gasteiger partial charge on any atom is -0.369 e. The first-order chi connectivity index (χ1) is 7.57. The summed E-state index contributed by atoms with van der Waals surface area (Å²) in [5.41, 5.74) is 0.990. The fourth-order valence-corrected chi connectivity index (χ4v) is 1.86. The van der Waals surface area contributed by atoms with Gasteiger partial charge < -0.3 is 4.90 Å². The second-order valence-electron chi connectivity index (χ2n) is 3.78. The Hall–Kier alpha value is -0.940. The molecule has 0 amide bonds. The molecule has 0 aliphatic carbocycles. The molecule has 1 aliphatic rings. The summed E-state index contributed by atoms with van der Waals surface area (Å²) in [6.45, 7) is 0.920.